The molecular formula is C18H30N4O. The largest absolute Gasteiger partial charge is 0.354 e. The zero-order valence-electron chi connectivity index (χ0n) is 15.3. The molecule has 5 heteroatoms. The van der Waals surface area contributed by atoms with E-state index < -0.39 is 0 Å². The van der Waals surface area contributed by atoms with E-state index in [1.54, 1.807) is 0 Å². The second kappa shape index (κ2) is 6.46. The molecule has 0 aliphatic carbocycles. The number of nitrogens with one attached hydrogen (secondary N) is 1. The topological polar surface area (TPSA) is 58.1 Å². The van der Waals surface area contributed by atoms with Gasteiger partial charge < -0.3 is 10.2 Å². The number of nitrogens with zero attached hydrogens (tertiary/aromatic N) is 3. The third-order valence-corrected chi connectivity index (χ3v) is 4.03. The molecule has 23 heavy (non-hydrogen) atoms. The molecule has 0 bridgehead atoms. The minimum absolute atomic E-state index is 0.00254. The zero-order chi connectivity index (χ0) is 17.3. The van der Waals surface area contributed by atoms with Crippen LogP contribution in [-0.4, -0.2) is 34.7 Å². The third-order valence-electron chi connectivity index (χ3n) is 4.03. The summed E-state index contributed by atoms with van der Waals surface area (Å²) in [5.41, 5.74) is 0.802. The highest BCUT2D eigenvalue weighted by Gasteiger charge is 2.29. The van der Waals surface area contributed by atoms with E-state index in [1.165, 1.54) is 0 Å². The summed E-state index contributed by atoms with van der Waals surface area (Å²) in [5.74, 6) is 1.03. The molecule has 0 saturated carbocycles. The number of carbonyl (C=O) groups is 1. The first-order valence-electron chi connectivity index (χ1n) is 8.47. The maximum absolute atomic E-state index is 12.4. The maximum Gasteiger partial charge on any atom is 0.225 e. The van der Waals surface area contributed by atoms with E-state index in [1.807, 2.05) is 32.9 Å². The number of rotatable bonds is 2. The lowest BCUT2D eigenvalue weighted by Gasteiger charge is -2.34. The van der Waals surface area contributed by atoms with Crippen molar-refractivity contribution in [2.75, 3.05) is 18.0 Å². The van der Waals surface area contributed by atoms with Gasteiger partial charge in [0, 0.05) is 24.0 Å². The van der Waals surface area contributed by atoms with Crippen molar-refractivity contribution in [1.82, 2.24) is 15.5 Å². The fourth-order valence-corrected chi connectivity index (χ4v) is 2.76. The van der Waals surface area contributed by atoms with Crippen molar-refractivity contribution in [3.8, 4) is 0 Å². The van der Waals surface area contributed by atoms with E-state index in [2.05, 4.69) is 41.2 Å². The highest BCUT2D eigenvalue weighted by molar-refractivity contribution is 5.80. The Hall–Kier alpha value is -1.65. The molecule has 5 nitrogen and oxygen atoms in total. The lowest BCUT2D eigenvalue weighted by molar-refractivity contribution is -0.126. The molecule has 1 unspecified atom stereocenters. The maximum atomic E-state index is 12.4. The van der Waals surface area contributed by atoms with E-state index in [0.717, 1.165) is 30.9 Å². The van der Waals surface area contributed by atoms with Crippen molar-refractivity contribution in [3.05, 3.63) is 17.8 Å². The molecule has 0 spiro atoms. The second-order valence-electron chi connectivity index (χ2n) is 8.55. The molecule has 2 rings (SSSR count). The van der Waals surface area contributed by atoms with Gasteiger partial charge >= 0.3 is 0 Å². The van der Waals surface area contributed by atoms with E-state index in [4.69, 9.17) is 0 Å². The molecule has 0 radical (unpaired) electrons. The van der Waals surface area contributed by atoms with Crippen molar-refractivity contribution in [2.45, 2.75) is 65.3 Å². The molecule has 1 aliphatic rings. The van der Waals surface area contributed by atoms with Gasteiger partial charge in [-0.25, -0.2) is 0 Å². The quantitative estimate of drug-likeness (QED) is 0.911. The van der Waals surface area contributed by atoms with E-state index in [9.17, 15) is 4.79 Å². The molecule has 1 amide bonds. The molecule has 1 N–H and O–H groups in total. The number of piperidine rings is 1. The van der Waals surface area contributed by atoms with Gasteiger partial charge in [0.25, 0.3) is 0 Å². The smallest absolute Gasteiger partial charge is 0.225 e. The average molecular weight is 318 g/mol. The van der Waals surface area contributed by atoms with Crippen LogP contribution in [0.25, 0.3) is 0 Å². The summed E-state index contributed by atoms with van der Waals surface area (Å²) in [6, 6.07) is 4.07. The molecule has 1 saturated heterocycles. The van der Waals surface area contributed by atoms with Crippen LogP contribution >= 0.6 is 0 Å². The summed E-state index contributed by atoms with van der Waals surface area (Å²) in [6.45, 7) is 14.1. The van der Waals surface area contributed by atoms with Crippen LogP contribution in [0.15, 0.2) is 12.1 Å². The standard InChI is InChI=1S/C18H30N4O/c1-17(2,3)14-9-10-15(21-20-14)22-11-7-8-13(12-22)16(23)19-18(4,5)6/h9-10,13H,7-8,11-12H2,1-6H3,(H,19,23). The fourth-order valence-electron chi connectivity index (χ4n) is 2.76. The number of hydrogen-bond acceptors (Lipinski definition) is 4. The zero-order valence-corrected chi connectivity index (χ0v) is 15.3. The van der Waals surface area contributed by atoms with Crippen molar-refractivity contribution >= 4 is 11.7 Å². The predicted octanol–water partition coefficient (Wildman–Crippen LogP) is 2.91. The Labute approximate surface area is 139 Å². The van der Waals surface area contributed by atoms with Crippen molar-refractivity contribution in [1.29, 1.82) is 0 Å². The van der Waals surface area contributed by atoms with E-state index >= 15 is 0 Å². The van der Waals surface area contributed by atoms with Crippen LogP contribution in [0.1, 0.15) is 60.1 Å². The first kappa shape index (κ1) is 17.7. The van der Waals surface area contributed by atoms with Crippen molar-refractivity contribution in [2.24, 2.45) is 5.92 Å². The minimum Gasteiger partial charge on any atom is -0.354 e. The van der Waals surface area contributed by atoms with Crippen LogP contribution in [0.4, 0.5) is 5.82 Å². The summed E-state index contributed by atoms with van der Waals surface area (Å²) >= 11 is 0. The summed E-state index contributed by atoms with van der Waals surface area (Å²) < 4.78 is 0. The molecule has 1 aromatic rings. The second-order valence-corrected chi connectivity index (χ2v) is 8.55. The number of amides is 1. The predicted molar refractivity (Wildman–Crippen MR) is 93.6 cm³/mol. The Balaban J connectivity index is 2.05. The minimum atomic E-state index is -0.187. The van der Waals surface area contributed by atoms with Crippen LogP contribution in [0.5, 0.6) is 0 Å². The third kappa shape index (κ3) is 4.91. The van der Waals surface area contributed by atoms with Gasteiger partial charge in [-0.2, -0.15) is 5.10 Å². The summed E-state index contributed by atoms with van der Waals surface area (Å²) in [6.07, 6.45) is 1.94. The van der Waals surface area contributed by atoms with Gasteiger partial charge in [-0.05, 0) is 45.7 Å². The highest BCUT2D eigenvalue weighted by Crippen LogP contribution is 2.24. The highest BCUT2D eigenvalue weighted by atomic mass is 16.2. The van der Waals surface area contributed by atoms with Crippen LogP contribution in [0.2, 0.25) is 0 Å². The Morgan fingerprint density at radius 1 is 1.17 bits per heavy atom. The van der Waals surface area contributed by atoms with Crippen molar-refractivity contribution in [3.63, 3.8) is 0 Å². The van der Waals surface area contributed by atoms with Gasteiger partial charge in [-0.3, -0.25) is 4.79 Å². The SMILES string of the molecule is CC(C)(C)NC(=O)C1CCCN(c2ccc(C(C)(C)C)nn2)C1. The first-order valence-corrected chi connectivity index (χ1v) is 8.47. The van der Waals surface area contributed by atoms with Gasteiger partial charge in [0.1, 0.15) is 0 Å². The molecule has 1 aliphatic heterocycles. The Kier molecular flexibility index (Phi) is 4.97. The lowest BCUT2D eigenvalue weighted by Crippen LogP contribution is -2.48. The average Bonchev–Trinajstić information content (AvgIpc) is 2.45. The number of carbonyl (C=O) groups excluding carboxylic acids is 1. The van der Waals surface area contributed by atoms with E-state index in [-0.39, 0.29) is 22.8 Å². The molecule has 0 aromatic carbocycles. The molecular weight excluding hydrogens is 288 g/mol. The summed E-state index contributed by atoms with van der Waals surface area (Å²) in [7, 11) is 0. The Morgan fingerprint density at radius 2 is 1.87 bits per heavy atom. The van der Waals surface area contributed by atoms with Gasteiger partial charge in [0.05, 0.1) is 11.6 Å². The van der Waals surface area contributed by atoms with Gasteiger partial charge in [-0.1, -0.05) is 20.8 Å². The lowest BCUT2D eigenvalue weighted by atomic mass is 9.92. The van der Waals surface area contributed by atoms with Gasteiger partial charge in [-0.15, -0.1) is 5.10 Å². The Bertz CT molecular complexity index is 540. The summed E-state index contributed by atoms with van der Waals surface area (Å²) in [4.78, 5) is 14.6. The molecule has 1 fully saturated rings. The van der Waals surface area contributed by atoms with Crippen molar-refractivity contribution < 1.29 is 4.79 Å². The monoisotopic (exact) mass is 318 g/mol. The molecule has 128 valence electrons. The number of hydrogen-bond donors (Lipinski definition) is 1. The van der Waals surface area contributed by atoms with Gasteiger partial charge in [0.2, 0.25) is 5.91 Å². The summed E-state index contributed by atoms with van der Waals surface area (Å²) in [5, 5.41) is 11.8. The van der Waals surface area contributed by atoms with Crippen LogP contribution in [0.3, 0.4) is 0 Å². The molecule has 2 heterocycles. The molecule has 1 aromatic heterocycles. The van der Waals surface area contributed by atoms with E-state index in [0.29, 0.717) is 6.54 Å². The molecule has 1 atom stereocenters. The fraction of sp³-hybridized carbons (Fsp3) is 0.722. The van der Waals surface area contributed by atoms with Crippen LogP contribution in [-0.2, 0) is 10.2 Å². The Morgan fingerprint density at radius 3 is 2.39 bits per heavy atom. The number of anilines is 1. The van der Waals surface area contributed by atoms with Crippen LogP contribution in [0, 0.1) is 5.92 Å². The number of aromatic nitrogens is 2. The van der Waals surface area contributed by atoms with Gasteiger partial charge in [0.15, 0.2) is 5.82 Å². The first-order chi connectivity index (χ1) is 10.6. The normalized spacial score (nSPS) is 19.6. The van der Waals surface area contributed by atoms with Crippen LogP contribution < -0.4 is 10.2 Å².